The number of piperazine rings is 3. The van der Waals surface area contributed by atoms with Gasteiger partial charge in [0.2, 0.25) is 0 Å². The van der Waals surface area contributed by atoms with Crippen LogP contribution in [-0.4, -0.2) is 85.9 Å². The third-order valence-electron chi connectivity index (χ3n) is 7.72. The van der Waals surface area contributed by atoms with Crippen LogP contribution in [0.3, 0.4) is 0 Å². The molecule has 6 fully saturated rings. The number of hydrogen-bond donors (Lipinski definition) is 0. The second-order valence-corrected chi connectivity index (χ2v) is 8.89. The molecule has 3 nitrogen and oxygen atoms in total. The molecule has 7 rings (SSSR count). The summed E-state index contributed by atoms with van der Waals surface area (Å²) in [7, 11) is 0. The maximum Gasteiger partial charge on any atom is 0.0916 e. The van der Waals surface area contributed by atoms with Gasteiger partial charge in [-0.15, -0.1) is 0 Å². The van der Waals surface area contributed by atoms with Gasteiger partial charge in [-0.1, -0.05) is 36.4 Å². The van der Waals surface area contributed by atoms with Crippen LogP contribution < -0.4 is 0 Å². The molecular formula is C23H41N3+2. The average molecular weight is 360 g/mol. The SMILES string of the molecule is CC[N+]12CCC(CC1)CC2.CC[N+]12CCN(CC1)CC2.c1ccccc1. The molecular weight excluding hydrogens is 318 g/mol. The molecule has 0 saturated carbocycles. The highest BCUT2D eigenvalue weighted by Gasteiger charge is 2.38. The molecule has 0 amide bonds. The Balaban J connectivity index is 0.000000117. The summed E-state index contributed by atoms with van der Waals surface area (Å²) in [5.74, 6) is 1.12. The summed E-state index contributed by atoms with van der Waals surface area (Å²) in [6, 6.07) is 12.0. The molecule has 3 heteroatoms. The second kappa shape index (κ2) is 9.34. The minimum atomic E-state index is 1.12. The van der Waals surface area contributed by atoms with Crippen LogP contribution >= 0.6 is 0 Å². The summed E-state index contributed by atoms with van der Waals surface area (Å²) in [6.45, 7) is 20.2. The smallest absolute Gasteiger partial charge is 0.0916 e. The summed E-state index contributed by atoms with van der Waals surface area (Å²) in [5, 5.41) is 0. The Morgan fingerprint density at radius 3 is 1.23 bits per heavy atom. The maximum absolute atomic E-state index is 2.59. The van der Waals surface area contributed by atoms with Crippen LogP contribution in [0.1, 0.15) is 33.1 Å². The van der Waals surface area contributed by atoms with E-state index in [0.717, 1.165) is 5.92 Å². The first kappa shape index (κ1) is 19.9. The molecule has 0 spiro atoms. The van der Waals surface area contributed by atoms with E-state index in [1.165, 1.54) is 100 Å². The van der Waals surface area contributed by atoms with Crippen molar-refractivity contribution in [3.8, 4) is 0 Å². The topological polar surface area (TPSA) is 3.24 Å². The predicted octanol–water partition coefficient (Wildman–Crippen LogP) is 3.48. The molecule has 26 heavy (non-hydrogen) atoms. The Labute approximate surface area is 161 Å². The van der Waals surface area contributed by atoms with Crippen LogP contribution in [0.2, 0.25) is 0 Å². The van der Waals surface area contributed by atoms with Crippen molar-refractivity contribution >= 4 is 0 Å². The number of rotatable bonds is 2. The first-order valence-electron chi connectivity index (χ1n) is 11.1. The maximum atomic E-state index is 2.59. The summed E-state index contributed by atoms with van der Waals surface area (Å²) >= 11 is 0. The number of benzene rings is 1. The molecule has 6 aliphatic rings. The number of likely N-dealkylation sites (N-methyl/N-ethyl adjacent to an activating group) is 1. The fourth-order valence-electron chi connectivity index (χ4n) is 5.20. The summed E-state index contributed by atoms with van der Waals surface area (Å²) in [5.41, 5.74) is 0. The normalized spacial score (nSPS) is 37.2. The lowest BCUT2D eigenvalue weighted by Crippen LogP contribution is -2.67. The third-order valence-corrected chi connectivity index (χ3v) is 7.72. The largest absolute Gasteiger partial charge is 0.324 e. The molecule has 0 unspecified atom stereocenters. The van der Waals surface area contributed by atoms with Crippen LogP contribution in [-0.2, 0) is 0 Å². The van der Waals surface area contributed by atoms with Crippen LogP contribution in [0.25, 0.3) is 0 Å². The molecule has 0 N–H and O–H groups in total. The predicted molar refractivity (Wildman–Crippen MR) is 111 cm³/mol. The van der Waals surface area contributed by atoms with E-state index in [1.807, 2.05) is 36.4 Å². The van der Waals surface area contributed by atoms with Crippen molar-refractivity contribution in [1.29, 1.82) is 0 Å². The van der Waals surface area contributed by atoms with Gasteiger partial charge in [0, 0.05) is 19.6 Å². The number of quaternary nitrogens is 2. The van der Waals surface area contributed by atoms with E-state index in [1.54, 1.807) is 0 Å². The van der Waals surface area contributed by atoms with E-state index in [0.29, 0.717) is 0 Å². The number of piperidine rings is 3. The van der Waals surface area contributed by atoms with Gasteiger partial charge < -0.3 is 8.97 Å². The molecule has 4 bridgehead atoms. The minimum Gasteiger partial charge on any atom is -0.324 e. The molecule has 6 saturated heterocycles. The van der Waals surface area contributed by atoms with E-state index in [9.17, 15) is 0 Å². The number of hydrogen-bond acceptors (Lipinski definition) is 1. The van der Waals surface area contributed by atoms with Crippen molar-refractivity contribution in [3.63, 3.8) is 0 Å². The van der Waals surface area contributed by atoms with Gasteiger partial charge in [0.15, 0.2) is 0 Å². The molecule has 0 atom stereocenters. The van der Waals surface area contributed by atoms with Crippen molar-refractivity contribution in [2.24, 2.45) is 5.92 Å². The summed E-state index contributed by atoms with van der Waals surface area (Å²) in [4.78, 5) is 2.59. The molecule has 1 aromatic carbocycles. The summed E-state index contributed by atoms with van der Waals surface area (Å²) < 4.78 is 2.87. The molecule has 6 heterocycles. The van der Waals surface area contributed by atoms with Gasteiger partial charge >= 0.3 is 0 Å². The van der Waals surface area contributed by atoms with Gasteiger partial charge in [-0.05, 0) is 39.0 Å². The Morgan fingerprint density at radius 2 is 0.962 bits per heavy atom. The lowest BCUT2D eigenvalue weighted by molar-refractivity contribution is -0.941. The Kier molecular flexibility index (Phi) is 7.13. The van der Waals surface area contributed by atoms with E-state index < -0.39 is 0 Å². The van der Waals surface area contributed by atoms with Crippen molar-refractivity contribution in [1.82, 2.24) is 4.90 Å². The van der Waals surface area contributed by atoms with Crippen molar-refractivity contribution < 1.29 is 8.97 Å². The zero-order valence-electron chi connectivity index (χ0n) is 17.3. The van der Waals surface area contributed by atoms with Gasteiger partial charge in [-0.2, -0.15) is 0 Å². The molecule has 0 aromatic heterocycles. The Bertz CT molecular complexity index is 413. The molecule has 1 aromatic rings. The van der Waals surface area contributed by atoms with Gasteiger partial charge in [-0.25, -0.2) is 0 Å². The van der Waals surface area contributed by atoms with Crippen LogP contribution in [0.15, 0.2) is 36.4 Å². The van der Waals surface area contributed by atoms with E-state index in [2.05, 4.69) is 18.7 Å². The first-order chi connectivity index (χ1) is 12.7. The highest BCUT2D eigenvalue weighted by molar-refractivity contribution is 4.99. The molecule has 0 radical (unpaired) electrons. The summed E-state index contributed by atoms with van der Waals surface area (Å²) in [6.07, 6.45) is 4.57. The van der Waals surface area contributed by atoms with Crippen LogP contribution in [0.4, 0.5) is 0 Å². The van der Waals surface area contributed by atoms with Crippen LogP contribution in [0.5, 0.6) is 0 Å². The average Bonchev–Trinajstić information content (AvgIpc) is 2.78. The van der Waals surface area contributed by atoms with Gasteiger partial charge in [0.05, 0.1) is 52.4 Å². The zero-order valence-corrected chi connectivity index (χ0v) is 17.3. The number of nitrogens with zero attached hydrogens (tertiary/aromatic N) is 3. The highest BCUT2D eigenvalue weighted by atomic mass is 15.4. The van der Waals surface area contributed by atoms with Crippen LogP contribution in [0, 0.1) is 5.92 Å². The highest BCUT2D eigenvalue weighted by Crippen LogP contribution is 2.32. The fourth-order valence-corrected chi connectivity index (χ4v) is 5.20. The third kappa shape index (κ3) is 5.09. The lowest BCUT2D eigenvalue weighted by atomic mass is 9.86. The van der Waals surface area contributed by atoms with E-state index in [4.69, 9.17) is 0 Å². The standard InChI is InChI=1S/C9H18N.C8H17N2.C6H6/c2*1-2-10-6-3-9(4-7-10)5-8-10;1-2-4-6-5-3-1/h9H,2-8H2,1H3;2-8H2,1H3;1-6H/q2*+1;. The van der Waals surface area contributed by atoms with E-state index >= 15 is 0 Å². The second-order valence-electron chi connectivity index (χ2n) is 8.89. The Morgan fingerprint density at radius 1 is 0.615 bits per heavy atom. The van der Waals surface area contributed by atoms with Crippen molar-refractivity contribution in [3.05, 3.63) is 36.4 Å². The Hall–Kier alpha value is -0.900. The van der Waals surface area contributed by atoms with Gasteiger partial charge in [0.25, 0.3) is 0 Å². The molecule has 146 valence electrons. The minimum absolute atomic E-state index is 1.12. The molecule has 6 aliphatic heterocycles. The first-order valence-corrected chi connectivity index (χ1v) is 11.1. The quantitative estimate of drug-likeness (QED) is 0.731. The van der Waals surface area contributed by atoms with Gasteiger partial charge in [0.1, 0.15) is 0 Å². The fraction of sp³-hybridized carbons (Fsp3) is 0.739. The molecule has 0 aliphatic carbocycles. The lowest BCUT2D eigenvalue weighted by Gasteiger charge is -2.50. The van der Waals surface area contributed by atoms with Crippen molar-refractivity contribution in [2.45, 2.75) is 33.1 Å². The van der Waals surface area contributed by atoms with Crippen molar-refractivity contribution in [2.75, 3.05) is 72.0 Å². The van der Waals surface area contributed by atoms with Gasteiger partial charge in [-0.3, -0.25) is 4.90 Å². The monoisotopic (exact) mass is 359 g/mol. The zero-order chi connectivity index (χ0) is 18.3. The van der Waals surface area contributed by atoms with E-state index in [-0.39, 0.29) is 0 Å². The number of fused-ring (bicyclic) bond motifs is 6.